The molecule has 58 heavy (non-hydrogen) atoms. The third-order valence-electron chi connectivity index (χ3n) is 10.4. The van der Waals surface area contributed by atoms with Crippen molar-refractivity contribution in [3.05, 3.63) is 147 Å². The van der Waals surface area contributed by atoms with E-state index in [4.69, 9.17) is 30.3 Å². The number of hydrogen-bond donors (Lipinski definition) is 1. The minimum atomic E-state index is -0.207. The van der Waals surface area contributed by atoms with Crippen molar-refractivity contribution in [1.82, 2.24) is 19.9 Å². The Morgan fingerprint density at radius 2 is 1.66 bits per heavy atom. The Kier molecular flexibility index (Phi) is 13.4. The van der Waals surface area contributed by atoms with Crippen molar-refractivity contribution in [3.8, 4) is 45.8 Å². The van der Waals surface area contributed by atoms with Crippen LogP contribution >= 0.6 is 11.6 Å². The van der Waals surface area contributed by atoms with Crippen molar-refractivity contribution >= 4 is 11.6 Å². The van der Waals surface area contributed by atoms with Crippen LogP contribution in [0.15, 0.2) is 108 Å². The first-order chi connectivity index (χ1) is 28.2. The number of aliphatic hydroxyl groups excluding tert-OH is 1. The largest absolute Gasteiger partial charge is 0.493 e. The Bertz CT molecular complexity index is 2360. The zero-order chi connectivity index (χ0) is 40.4. The Labute approximate surface area is 345 Å². The summed E-state index contributed by atoms with van der Waals surface area (Å²) in [6, 6.07) is 31.9. The highest BCUT2D eigenvalue weighted by atomic mass is 35.5. The van der Waals surface area contributed by atoms with Gasteiger partial charge in [0, 0.05) is 73.9 Å². The lowest BCUT2D eigenvalue weighted by Gasteiger charge is -2.20. The first kappa shape index (κ1) is 40.5. The van der Waals surface area contributed by atoms with Crippen molar-refractivity contribution in [3.63, 3.8) is 0 Å². The number of ether oxygens (including phenoxy) is 3. The molecule has 10 nitrogen and oxygen atoms in total. The molecular formula is C47H48ClN5O5. The van der Waals surface area contributed by atoms with E-state index in [0.717, 1.165) is 88.4 Å². The van der Waals surface area contributed by atoms with Gasteiger partial charge < -0.3 is 28.7 Å². The van der Waals surface area contributed by atoms with Gasteiger partial charge >= 0.3 is 0 Å². The van der Waals surface area contributed by atoms with Crippen molar-refractivity contribution in [2.45, 2.75) is 59.1 Å². The molecule has 4 aromatic carbocycles. The Hall–Kier alpha value is -5.70. The fraction of sp³-hybridized carbons (Fsp3) is 0.298. The predicted molar refractivity (Wildman–Crippen MR) is 225 cm³/mol. The highest BCUT2D eigenvalue weighted by Crippen LogP contribution is 2.37. The average molecular weight is 798 g/mol. The van der Waals surface area contributed by atoms with Gasteiger partial charge in [0.2, 0.25) is 0 Å². The van der Waals surface area contributed by atoms with E-state index in [9.17, 15) is 10.4 Å². The molecule has 1 unspecified atom stereocenters. The number of likely N-dealkylation sites (tertiary alicyclic amines) is 1. The van der Waals surface area contributed by atoms with Crippen molar-refractivity contribution in [2.24, 2.45) is 0 Å². The number of nitrogens with zero attached hydrogens (tertiary/aromatic N) is 5. The summed E-state index contributed by atoms with van der Waals surface area (Å²) < 4.78 is 24.7. The number of aliphatic hydroxyl groups is 1. The molecule has 0 bridgehead atoms. The number of halogens is 1. The van der Waals surface area contributed by atoms with Crippen LogP contribution in [0.25, 0.3) is 22.5 Å². The summed E-state index contributed by atoms with van der Waals surface area (Å²) in [4.78, 5) is 8.60. The number of nitriles is 1. The molecule has 1 N–H and O–H groups in total. The third-order valence-corrected chi connectivity index (χ3v) is 10.7. The second-order valence-electron chi connectivity index (χ2n) is 14.8. The smallest absolute Gasteiger partial charge is 0.167 e. The maximum absolute atomic E-state index is 9.83. The molecule has 1 aliphatic heterocycles. The van der Waals surface area contributed by atoms with Gasteiger partial charge in [0.05, 0.1) is 29.0 Å². The summed E-state index contributed by atoms with van der Waals surface area (Å²) in [7, 11) is 2.00. The molecule has 0 amide bonds. The molecule has 0 saturated carbocycles. The lowest BCUT2D eigenvalue weighted by atomic mass is 9.93. The molecule has 7 rings (SSSR count). The lowest BCUT2D eigenvalue weighted by molar-refractivity contribution is 0.173. The molecule has 11 heteroatoms. The van der Waals surface area contributed by atoms with Gasteiger partial charge in [0.1, 0.15) is 36.5 Å². The van der Waals surface area contributed by atoms with Gasteiger partial charge in [-0.3, -0.25) is 9.88 Å². The number of pyridine rings is 1. The fourth-order valence-corrected chi connectivity index (χ4v) is 7.56. The Morgan fingerprint density at radius 1 is 0.862 bits per heavy atom. The van der Waals surface area contributed by atoms with Gasteiger partial charge in [0.15, 0.2) is 5.76 Å². The van der Waals surface area contributed by atoms with Gasteiger partial charge in [-0.15, -0.1) is 0 Å². The maximum atomic E-state index is 9.83. The number of rotatable bonds is 17. The predicted octanol–water partition coefficient (Wildman–Crippen LogP) is 9.17. The average Bonchev–Trinajstić information content (AvgIpc) is 3.88. The van der Waals surface area contributed by atoms with E-state index in [2.05, 4.69) is 64.1 Å². The normalized spacial score (nSPS) is 14.1. The maximum Gasteiger partial charge on any atom is 0.167 e. The van der Waals surface area contributed by atoms with Crippen LogP contribution in [-0.4, -0.2) is 64.4 Å². The summed E-state index contributed by atoms with van der Waals surface area (Å²) in [5.41, 5.74) is 9.31. The van der Waals surface area contributed by atoms with Gasteiger partial charge in [-0.05, 0) is 79.8 Å². The molecule has 0 spiro atoms. The Morgan fingerprint density at radius 3 is 2.45 bits per heavy atom. The molecule has 0 aliphatic carbocycles. The summed E-state index contributed by atoms with van der Waals surface area (Å²) in [6.45, 7) is 8.98. The zero-order valence-electron chi connectivity index (χ0n) is 33.2. The second-order valence-corrected chi connectivity index (χ2v) is 15.3. The molecule has 1 fully saturated rings. The van der Waals surface area contributed by atoms with E-state index in [0.29, 0.717) is 54.1 Å². The van der Waals surface area contributed by atoms with Gasteiger partial charge in [-0.2, -0.15) is 5.26 Å². The zero-order valence-corrected chi connectivity index (χ0v) is 33.9. The minimum absolute atomic E-state index is 0.204. The van der Waals surface area contributed by atoms with Crippen LogP contribution in [0.5, 0.6) is 17.2 Å². The van der Waals surface area contributed by atoms with E-state index in [1.54, 1.807) is 12.3 Å². The fourth-order valence-electron chi connectivity index (χ4n) is 7.32. The quantitative estimate of drug-likeness (QED) is 0.0896. The van der Waals surface area contributed by atoms with E-state index < -0.39 is 0 Å². The van der Waals surface area contributed by atoms with Crippen LogP contribution < -0.4 is 14.2 Å². The van der Waals surface area contributed by atoms with E-state index >= 15 is 0 Å². The monoisotopic (exact) mass is 797 g/mol. The highest BCUT2D eigenvalue weighted by Gasteiger charge is 2.20. The van der Waals surface area contributed by atoms with Crippen LogP contribution in [0.4, 0.5) is 0 Å². The van der Waals surface area contributed by atoms with Crippen LogP contribution in [0.1, 0.15) is 51.9 Å². The first-order valence-corrected chi connectivity index (χ1v) is 19.9. The van der Waals surface area contributed by atoms with E-state index in [1.165, 1.54) is 6.20 Å². The molecule has 2 aromatic heterocycles. The van der Waals surface area contributed by atoms with Gasteiger partial charge in [-0.1, -0.05) is 77.4 Å². The molecule has 3 heterocycles. The van der Waals surface area contributed by atoms with E-state index in [-0.39, 0.29) is 12.7 Å². The van der Waals surface area contributed by atoms with Gasteiger partial charge in [0.25, 0.3) is 0 Å². The minimum Gasteiger partial charge on any atom is -0.493 e. The number of benzene rings is 4. The number of β-amino-alcohol motifs (C(OH)–C–C–N with tert-alkyl or cyclic N) is 1. The van der Waals surface area contributed by atoms with Crippen LogP contribution in [-0.2, 0) is 26.3 Å². The van der Waals surface area contributed by atoms with Gasteiger partial charge in [-0.25, -0.2) is 0 Å². The first-order valence-electron chi connectivity index (χ1n) is 19.6. The van der Waals surface area contributed by atoms with Crippen molar-refractivity contribution in [2.75, 3.05) is 33.3 Å². The van der Waals surface area contributed by atoms with Crippen molar-refractivity contribution < 1.29 is 23.8 Å². The van der Waals surface area contributed by atoms with Crippen LogP contribution in [0.3, 0.4) is 0 Å². The molecule has 298 valence electrons. The third kappa shape index (κ3) is 10.2. The lowest BCUT2D eigenvalue weighted by Crippen LogP contribution is -2.24. The Balaban J connectivity index is 1.05. The number of aromatic nitrogens is 2. The molecule has 1 atom stereocenters. The molecule has 1 saturated heterocycles. The molecule has 1 aliphatic rings. The standard InChI is InChI=1S/C47H48ClN5O5/c1-32-37(12-7-13-41(32)42-14-8-15-44(33(42)2)55-19-9-17-53-18-16-40(54)29-53)31-57-47-23-45(56-30-35-20-34(24-49)25-50-26-35)38(21-43(47)48)27-52(3)28-39-22-46(58-51-39)36-10-5-4-6-11-36/h4-8,10-15,20-23,25-26,40,54H,9,16-19,27-31H2,1-3H3. The topological polar surface area (TPSA) is 117 Å². The summed E-state index contributed by atoms with van der Waals surface area (Å²) in [5.74, 6) is 2.69. The SMILES string of the molecule is Cc1c(COc2cc(OCc3cncc(C#N)c3)c(CN(C)Cc3cc(-c4ccccc4)on3)cc2Cl)cccc1-c1cccc(OCCCN2CCC(O)C2)c1C. The summed E-state index contributed by atoms with van der Waals surface area (Å²) in [6.07, 6.45) is 4.76. The highest BCUT2D eigenvalue weighted by molar-refractivity contribution is 6.32. The second kappa shape index (κ2) is 19.2. The molecular weight excluding hydrogens is 750 g/mol. The van der Waals surface area contributed by atoms with Crippen LogP contribution in [0.2, 0.25) is 5.02 Å². The van der Waals surface area contributed by atoms with E-state index in [1.807, 2.05) is 67.7 Å². The summed E-state index contributed by atoms with van der Waals surface area (Å²) in [5, 5.41) is 24.0. The number of hydrogen-bond acceptors (Lipinski definition) is 10. The molecule has 0 radical (unpaired) electrons. The molecule has 6 aromatic rings. The van der Waals surface area contributed by atoms with Crippen molar-refractivity contribution in [1.29, 1.82) is 5.26 Å². The summed E-state index contributed by atoms with van der Waals surface area (Å²) >= 11 is 6.94. The van der Waals surface area contributed by atoms with Crippen LogP contribution in [0, 0.1) is 25.2 Å².